The number of hydrogen-bond donors (Lipinski definition) is 10. The lowest BCUT2D eigenvalue weighted by atomic mass is 9.33. The van der Waals surface area contributed by atoms with E-state index in [1.165, 1.54) is 5.57 Å². The standard InChI is InChI=1S/C47H74O18/c1-42(2)14-16-47(41(59)65-39-33(55)30(52)28(50)23(19-48)61-39)17-15-45(6)21(22(47)18-42)8-9-26-44(5)12-11-27(43(3,4)25(44)10-13-46(26,45)7)62-40-34(56)31(53)35(36(64-40)37(57)58)63-38-32(54)29(51)24(20-49)60-38/h8,22-36,38-40,48-56H,9-20H2,1-7H3,(H,57,58)/t22?,23-,24-,25-,26+,27-,28-,29+,30-,31-,32+,33-,34+,35-,36-,38-,39-,40+,44-,45+,46+,47-/m0/s1. The van der Waals surface area contributed by atoms with Gasteiger partial charge in [-0.15, -0.1) is 0 Å². The van der Waals surface area contributed by atoms with Crippen LogP contribution in [0.3, 0.4) is 0 Å². The summed E-state index contributed by atoms with van der Waals surface area (Å²) in [6, 6.07) is 0. The van der Waals surface area contributed by atoms with Crippen LogP contribution in [0.1, 0.15) is 113 Å². The summed E-state index contributed by atoms with van der Waals surface area (Å²) >= 11 is 0. The molecule has 1 unspecified atom stereocenters. The van der Waals surface area contributed by atoms with Gasteiger partial charge in [-0.2, -0.15) is 0 Å². The summed E-state index contributed by atoms with van der Waals surface area (Å²) in [4.78, 5) is 27.2. The Bertz CT molecular complexity index is 1820. The molecule has 22 atom stereocenters. The van der Waals surface area contributed by atoms with Crippen molar-refractivity contribution in [3.05, 3.63) is 11.6 Å². The summed E-state index contributed by atoms with van der Waals surface area (Å²) in [5, 5.41) is 104. The highest BCUT2D eigenvalue weighted by Crippen LogP contribution is 2.76. The Labute approximate surface area is 380 Å². The SMILES string of the molecule is CC1(C)CC[C@]2(C(=O)O[C@@H]3O[C@@H](CO)[C@H](O)[C@H](O)[C@@H]3O)CC[C@]3(C)C(=CC[C@@H]4[C@@]5(C)CC[C@H](O[C@@H]6O[C@H](C(=O)O)[C@@H](O[C@@H]7O[C@@H](CO)[C@@H](O)[C@H]7O)[C@@H](O)[C@H]6O)C(C)(C)[C@@H]5CC[C@]43C)C2C1. The molecule has 0 aromatic rings. The van der Waals surface area contributed by atoms with Crippen LogP contribution in [0.5, 0.6) is 0 Å². The van der Waals surface area contributed by atoms with Gasteiger partial charge in [0.05, 0.1) is 24.7 Å². The fourth-order valence-electron chi connectivity index (χ4n) is 14.8. The molecule has 3 heterocycles. The lowest BCUT2D eigenvalue weighted by Crippen LogP contribution is -2.66. The van der Waals surface area contributed by atoms with Gasteiger partial charge in [0, 0.05) is 0 Å². The number of esters is 1. The number of carboxylic acids is 1. The fraction of sp³-hybridized carbons (Fsp3) is 0.915. The molecule has 5 aliphatic carbocycles. The largest absolute Gasteiger partial charge is 0.479 e. The topological polar surface area (TPSA) is 292 Å². The van der Waals surface area contributed by atoms with Crippen LogP contribution in [0.4, 0.5) is 0 Å². The summed E-state index contributed by atoms with van der Waals surface area (Å²) < 4.78 is 35.0. The third-order valence-corrected chi connectivity index (χ3v) is 18.9. The first-order chi connectivity index (χ1) is 30.3. The highest BCUT2D eigenvalue weighted by atomic mass is 16.8. The van der Waals surface area contributed by atoms with Crippen molar-refractivity contribution >= 4 is 11.9 Å². The summed E-state index contributed by atoms with van der Waals surface area (Å²) in [7, 11) is 0. The van der Waals surface area contributed by atoms with Crippen molar-refractivity contribution in [2.24, 2.45) is 50.2 Å². The second-order valence-electron chi connectivity index (χ2n) is 23.0. The average Bonchev–Trinajstić information content (AvgIpc) is 3.52. The minimum Gasteiger partial charge on any atom is -0.479 e. The molecule has 3 saturated heterocycles. The first-order valence-corrected chi connectivity index (χ1v) is 23.7. The molecule has 4 saturated carbocycles. The van der Waals surface area contributed by atoms with Crippen molar-refractivity contribution in [3.63, 3.8) is 0 Å². The lowest BCUT2D eigenvalue weighted by molar-refractivity contribution is -0.342. The van der Waals surface area contributed by atoms with Gasteiger partial charge < -0.3 is 79.5 Å². The van der Waals surface area contributed by atoms with E-state index in [4.69, 9.17) is 28.4 Å². The smallest absolute Gasteiger partial charge is 0.335 e. The molecule has 18 nitrogen and oxygen atoms in total. The zero-order chi connectivity index (χ0) is 47.6. The van der Waals surface area contributed by atoms with Crippen LogP contribution in [0.15, 0.2) is 11.6 Å². The van der Waals surface area contributed by atoms with Crippen LogP contribution in [-0.2, 0) is 38.0 Å². The van der Waals surface area contributed by atoms with Crippen molar-refractivity contribution < 1.29 is 89.1 Å². The molecule has 18 heteroatoms. The minimum atomic E-state index is -1.84. The van der Waals surface area contributed by atoms with Crippen molar-refractivity contribution in [3.8, 4) is 0 Å². The number of carbonyl (C=O) groups is 2. The highest BCUT2D eigenvalue weighted by molar-refractivity contribution is 5.79. The Morgan fingerprint density at radius 1 is 0.662 bits per heavy atom. The molecule has 0 bridgehead atoms. The van der Waals surface area contributed by atoms with Gasteiger partial charge in [-0.05, 0) is 109 Å². The van der Waals surface area contributed by atoms with Crippen LogP contribution in [-0.4, -0.2) is 168 Å². The minimum absolute atomic E-state index is 0.0645. The molecule has 3 aliphatic heterocycles. The molecule has 65 heavy (non-hydrogen) atoms. The molecule has 0 amide bonds. The van der Waals surface area contributed by atoms with Crippen LogP contribution >= 0.6 is 0 Å². The van der Waals surface area contributed by atoms with E-state index in [1.807, 2.05) is 0 Å². The van der Waals surface area contributed by atoms with Crippen molar-refractivity contribution in [1.29, 1.82) is 0 Å². The molecular formula is C47H74O18. The third-order valence-electron chi connectivity index (χ3n) is 18.9. The van der Waals surface area contributed by atoms with Crippen LogP contribution < -0.4 is 0 Å². The second-order valence-corrected chi connectivity index (χ2v) is 23.0. The second kappa shape index (κ2) is 17.2. The molecular weight excluding hydrogens is 852 g/mol. The molecule has 370 valence electrons. The number of hydrogen-bond acceptors (Lipinski definition) is 17. The lowest BCUT2D eigenvalue weighted by Gasteiger charge is -2.71. The van der Waals surface area contributed by atoms with E-state index in [1.54, 1.807) is 0 Å². The Kier molecular flexibility index (Phi) is 13.1. The van der Waals surface area contributed by atoms with Gasteiger partial charge in [0.1, 0.15) is 61.0 Å². The van der Waals surface area contributed by atoms with E-state index in [-0.39, 0.29) is 39.4 Å². The fourth-order valence-corrected chi connectivity index (χ4v) is 14.8. The van der Waals surface area contributed by atoms with Crippen molar-refractivity contribution in [2.75, 3.05) is 13.2 Å². The van der Waals surface area contributed by atoms with Gasteiger partial charge >= 0.3 is 11.9 Å². The van der Waals surface area contributed by atoms with E-state index in [9.17, 15) is 60.7 Å². The number of fused-ring (bicyclic) bond motifs is 7. The van der Waals surface area contributed by atoms with Crippen LogP contribution in [0, 0.1) is 50.2 Å². The zero-order valence-corrected chi connectivity index (χ0v) is 38.7. The zero-order valence-electron chi connectivity index (χ0n) is 38.7. The first-order valence-electron chi connectivity index (χ1n) is 23.7. The number of carboxylic acid groups (broad SMARTS) is 1. The summed E-state index contributed by atoms with van der Waals surface area (Å²) in [6.45, 7) is 14.6. The van der Waals surface area contributed by atoms with E-state index in [2.05, 4.69) is 54.5 Å². The van der Waals surface area contributed by atoms with Crippen molar-refractivity contribution in [1.82, 2.24) is 0 Å². The Morgan fingerprint density at radius 3 is 1.89 bits per heavy atom. The Morgan fingerprint density at radius 2 is 1.25 bits per heavy atom. The van der Waals surface area contributed by atoms with E-state index in [0.717, 1.165) is 44.9 Å². The summed E-state index contributed by atoms with van der Waals surface area (Å²) in [6.07, 6.45) is -13.2. The average molecular weight is 927 g/mol. The maximum absolute atomic E-state index is 14.6. The molecule has 0 spiro atoms. The molecule has 7 fully saturated rings. The van der Waals surface area contributed by atoms with E-state index < -0.39 is 128 Å². The molecule has 10 N–H and O–H groups in total. The number of carbonyl (C=O) groups excluding carboxylic acids is 1. The quantitative estimate of drug-likeness (QED) is 0.0872. The monoisotopic (exact) mass is 926 g/mol. The van der Waals surface area contributed by atoms with Gasteiger partial charge in [0.25, 0.3) is 0 Å². The molecule has 0 aromatic carbocycles. The molecule has 8 rings (SSSR count). The number of rotatable bonds is 9. The van der Waals surface area contributed by atoms with Gasteiger partial charge in [-0.1, -0.05) is 60.1 Å². The predicted octanol–water partition coefficient (Wildman–Crippen LogP) is 0.872. The predicted molar refractivity (Wildman–Crippen MR) is 225 cm³/mol. The van der Waals surface area contributed by atoms with Gasteiger partial charge in [-0.25, -0.2) is 4.79 Å². The summed E-state index contributed by atoms with van der Waals surface area (Å²) in [5.74, 6) is -1.77. The summed E-state index contributed by atoms with van der Waals surface area (Å²) in [5.41, 5.74) is -0.800. The molecule has 0 aromatic heterocycles. The highest BCUT2D eigenvalue weighted by Gasteiger charge is 2.70. The number of allylic oxidation sites excluding steroid dienone is 2. The van der Waals surface area contributed by atoms with Crippen LogP contribution in [0.2, 0.25) is 0 Å². The number of ether oxygens (including phenoxy) is 6. The molecule has 0 radical (unpaired) electrons. The van der Waals surface area contributed by atoms with Crippen LogP contribution in [0.25, 0.3) is 0 Å². The number of aliphatic hydroxyl groups is 9. The molecule has 8 aliphatic rings. The maximum atomic E-state index is 14.6. The van der Waals surface area contributed by atoms with Gasteiger partial charge in [0.15, 0.2) is 18.7 Å². The normalized spacial score (nSPS) is 52.5. The number of aliphatic hydroxyl groups excluding tert-OH is 9. The van der Waals surface area contributed by atoms with Gasteiger partial charge in [-0.3, -0.25) is 4.79 Å². The van der Waals surface area contributed by atoms with Crippen molar-refractivity contribution in [2.45, 2.75) is 205 Å². The van der Waals surface area contributed by atoms with E-state index >= 15 is 0 Å². The Hall–Kier alpha value is -1.88. The maximum Gasteiger partial charge on any atom is 0.335 e. The third kappa shape index (κ3) is 7.67. The van der Waals surface area contributed by atoms with Gasteiger partial charge in [0.2, 0.25) is 6.29 Å². The first kappa shape index (κ1) is 49.5. The van der Waals surface area contributed by atoms with E-state index in [0.29, 0.717) is 19.3 Å². The Balaban J connectivity index is 1.01. The number of aliphatic carboxylic acids is 1.